The van der Waals surface area contributed by atoms with Crippen LogP contribution in [0.25, 0.3) is 0 Å². The van der Waals surface area contributed by atoms with Crippen molar-refractivity contribution in [2.75, 3.05) is 5.01 Å². The maximum absolute atomic E-state index is 11.4. The van der Waals surface area contributed by atoms with E-state index in [2.05, 4.69) is 12.0 Å². The molecule has 0 aliphatic carbocycles. The average molecular weight is 209 g/mol. The molecular formula is C10H9ClN2O. The molecule has 0 radical (unpaired) electrons. The lowest BCUT2D eigenvalue weighted by atomic mass is 10.3. The molecule has 0 saturated carbocycles. The van der Waals surface area contributed by atoms with Crippen molar-refractivity contribution in [3.63, 3.8) is 0 Å². The van der Waals surface area contributed by atoms with Crippen LogP contribution in [0.2, 0.25) is 5.02 Å². The highest BCUT2D eigenvalue weighted by Crippen LogP contribution is 2.21. The highest BCUT2D eigenvalue weighted by Gasteiger charge is 2.23. The highest BCUT2D eigenvalue weighted by molar-refractivity contribution is 6.30. The SMILES string of the molecule is C=C1CC(=O)N(c2ccc(Cl)cc2)N1. The lowest BCUT2D eigenvalue weighted by Gasteiger charge is -2.15. The number of rotatable bonds is 1. The Bertz CT molecular complexity index is 386. The Morgan fingerprint density at radius 1 is 1.36 bits per heavy atom. The van der Waals surface area contributed by atoms with Crippen LogP contribution in [0.15, 0.2) is 36.5 Å². The minimum Gasteiger partial charge on any atom is -0.296 e. The number of hydrogen-bond donors (Lipinski definition) is 1. The topological polar surface area (TPSA) is 32.3 Å². The van der Waals surface area contributed by atoms with Gasteiger partial charge in [-0.3, -0.25) is 10.2 Å². The van der Waals surface area contributed by atoms with Gasteiger partial charge in [-0.15, -0.1) is 0 Å². The molecule has 3 nitrogen and oxygen atoms in total. The van der Waals surface area contributed by atoms with Gasteiger partial charge in [0, 0.05) is 10.7 Å². The van der Waals surface area contributed by atoms with Gasteiger partial charge in [0.2, 0.25) is 0 Å². The molecule has 0 spiro atoms. The van der Waals surface area contributed by atoms with Gasteiger partial charge in [-0.1, -0.05) is 18.2 Å². The summed E-state index contributed by atoms with van der Waals surface area (Å²) < 4.78 is 0. The Balaban J connectivity index is 2.27. The van der Waals surface area contributed by atoms with Crippen molar-refractivity contribution in [3.05, 3.63) is 41.6 Å². The molecule has 1 aromatic rings. The third-order valence-electron chi connectivity index (χ3n) is 1.97. The predicted molar refractivity (Wildman–Crippen MR) is 55.8 cm³/mol. The third kappa shape index (κ3) is 1.59. The molecule has 0 atom stereocenters. The van der Waals surface area contributed by atoms with Crippen molar-refractivity contribution in [1.82, 2.24) is 5.43 Å². The third-order valence-corrected chi connectivity index (χ3v) is 2.22. The van der Waals surface area contributed by atoms with E-state index in [9.17, 15) is 4.79 Å². The van der Waals surface area contributed by atoms with Gasteiger partial charge in [-0.05, 0) is 24.3 Å². The first kappa shape index (κ1) is 9.09. The summed E-state index contributed by atoms with van der Waals surface area (Å²) in [5.41, 5.74) is 4.37. The van der Waals surface area contributed by atoms with E-state index < -0.39 is 0 Å². The number of carbonyl (C=O) groups is 1. The van der Waals surface area contributed by atoms with Gasteiger partial charge in [-0.25, -0.2) is 5.01 Å². The molecule has 1 saturated heterocycles. The second-order valence-corrected chi connectivity index (χ2v) is 3.53. The van der Waals surface area contributed by atoms with E-state index in [0.29, 0.717) is 17.1 Å². The van der Waals surface area contributed by atoms with Gasteiger partial charge in [0.1, 0.15) is 0 Å². The summed E-state index contributed by atoms with van der Waals surface area (Å²) in [5.74, 6) is -0.00248. The zero-order valence-electron chi connectivity index (χ0n) is 7.46. The minimum atomic E-state index is -0.00248. The van der Waals surface area contributed by atoms with Crippen LogP contribution >= 0.6 is 11.6 Å². The first-order valence-electron chi connectivity index (χ1n) is 4.20. The predicted octanol–water partition coefficient (Wildman–Crippen LogP) is 2.09. The number of benzene rings is 1. The van der Waals surface area contributed by atoms with Crippen molar-refractivity contribution < 1.29 is 4.79 Å². The number of halogens is 1. The summed E-state index contributed by atoms with van der Waals surface area (Å²) in [6, 6.07) is 7.05. The lowest BCUT2D eigenvalue weighted by Crippen LogP contribution is -2.33. The molecule has 1 N–H and O–H groups in total. The zero-order chi connectivity index (χ0) is 10.1. The van der Waals surface area contributed by atoms with Crippen molar-refractivity contribution in [1.29, 1.82) is 0 Å². The molecule has 4 heteroatoms. The van der Waals surface area contributed by atoms with Crippen LogP contribution < -0.4 is 10.4 Å². The van der Waals surface area contributed by atoms with Gasteiger partial charge >= 0.3 is 0 Å². The van der Waals surface area contributed by atoms with Crippen LogP contribution in [0.3, 0.4) is 0 Å². The maximum Gasteiger partial charge on any atom is 0.251 e. The number of amides is 1. The Hall–Kier alpha value is -1.48. The van der Waals surface area contributed by atoms with Gasteiger partial charge in [0.25, 0.3) is 5.91 Å². The molecule has 1 aliphatic rings. The van der Waals surface area contributed by atoms with Crippen LogP contribution in [0.5, 0.6) is 0 Å². The van der Waals surface area contributed by atoms with Crippen LogP contribution in [-0.4, -0.2) is 5.91 Å². The minimum absolute atomic E-state index is 0.00248. The quantitative estimate of drug-likeness (QED) is 0.767. The zero-order valence-corrected chi connectivity index (χ0v) is 8.21. The number of nitrogens with zero attached hydrogens (tertiary/aromatic N) is 1. The molecule has 2 rings (SSSR count). The van der Waals surface area contributed by atoms with Gasteiger partial charge in [-0.2, -0.15) is 0 Å². The molecule has 0 unspecified atom stereocenters. The van der Waals surface area contributed by atoms with E-state index in [1.54, 1.807) is 24.3 Å². The molecule has 0 aromatic heterocycles. The molecular weight excluding hydrogens is 200 g/mol. The molecule has 1 fully saturated rings. The molecule has 14 heavy (non-hydrogen) atoms. The van der Waals surface area contributed by atoms with Crippen molar-refractivity contribution in [2.24, 2.45) is 0 Å². The largest absolute Gasteiger partial charge is 0.296 e. The average Bonchev–Trinajstić information content (AvgIpc) is 2.47. The smallest absolute Gasteiger partial charge is 0.251 e. The normalized spacial score (nSPS) is 15.9. The van der Waals surface area contributed by atoms with Crippen molar-refractivity contribution in [3.8, 4) is 0 Å². The van der Waals surface area contributed by atoms with Gasteiger partial charge in [0.05, 0.1) is 12.1 Å². The van der Waals surface area contributed by atoms with E-state index in [4.69, 9.17) is 11.6 Å². The monoisotopic (exact) mass is 208 g/mol. The standard InChI is InChI=1S/C10H9ClN2O/c1-7-6-10(14)13(12-7)9-4-2-8(11)3-5-9/h2-5,12H,1,6H2. The second-order valence-electron chi connectivity index (χ2n) is 3.10. The summed E-state index contributed by atoms with van der Waals surface area (Å²) in [4.78, 5) is 11.4. The van der Waals surface area contributed by atoms with E-state index >= 15 is 0 Å². The Labute approximate surface area is 86.9 Å². The van der Waals surface area contributed by atoms with Gasteiger partial charge < -0.3 is 0 Å². The Morgan fingerprint density at radius 3 is 2.50 bits per heavy atom. The number of hydrazine groups is 1. The number of nitrogens with one attached hydrogen (secondary N) is 1. The number of hydrogen-bond acceptors (Lipinski definition) is 2. The number of carbonyl (C=O) groups excluding carboxylic acids is 1. The van der Waals surface area contributed by atoms with Crippen molar-refractivity contribution >= 4 is 23.2 Å². The molecule has 1 aliphatic heterocycles. The van der Waals surface area contributed by atoms with Crippen LogP contribution in [0, 0.1) is 0 Å². The van der Waals surface area contributed by atoms with Crippen LogP contribution in [0.1, 0.15) is 6.42 Å². The molecule has 0 bridgehead atoms. The van der Waals surface area contributed by atoms with E-state index in [1.165, 1.54) is 5.01 Å². The fourth-order valence-corrected chi connectivity index (χ4v) is 1.45. The van der Waals surface area contributed by atoms with Crippen LogP contribution in [0.4, 0.5) is 5.69 Å². The summed E-state index contributed by atoms with van der Waals surface area (Å²) in [7, 11) is 0. The summed E-state index contributed by atoms with van der Waals surface area (Å²) >= 11 is 5.74. The van der Waals surface area contributed by atoms with Crippen LogP contribution in [-0.2, 0) is 4.79 Å². The Kier molecular flexibility index (Phi) is 2.17. The maximum atomic E-state index is 11.4. The summed E-state index contributed by atoms with van der Waals surface area (Å²) in [6.07, 6.45) is 0.350. The fraction of sp³-hybridized carbons (Fsp3) is 0.100. The van der Waals surface area contributed by atoms with E-state index in [1.807, 2.05) is 0 Å². The fourth-order valence-electron chi connectivity index (χ4n) is 1.32. The van der Waals surface area contributed by atoms with E-state index in [-0.39, 0.29) is 5.91 Å². The molecule has 72 valence electrons. The Morgan fingerprint density at radius 2 is 2.00 bits per heavy atom. The summed E-state index contributed by atoms with van der Waals surface area (Å²) in [5, 5.41) is 2.12. The second kappa shape index (κ2) is 3.35. The molecule has 1 amide bonds. The number of anilines is 1. The first-order valence-corrected chi connectivity index (χ1v) is 4.57. The highest BCUT2D eigenvalue weighted by atomic mass is 35.5. The van der Waals surface area contributed by atoms with E-state index in [0.717, 1.165) is 5.69 Å². The molecule has 1 aromatic carbocycles. The van der Waals surface area contributed by atoms with Crippen molar-refractivity contribution in [2.45, 2.75) is 6.42 Å². The van der Waals surface area contributed by atoms with Gasteiger partial charge in [0.15, 0.2) is 0 Å². The molecule has 1 heterocycles. The summed E-state index contributed by atoms with van der Waals surface area (Å²) in [6.45, 7) is 3.70. The lowest BCUT2D eigenvalue weighted by molar-refractivity contribution is -0.117. The first-order chi connectivity index (χ1) is 6.66.